The summed E-state index contributed by atoms with van der Waals surface area (Å²) in [7, 11) is 1.55. The predicted molar refractivity (Wildman–Crippen MR) is 106 cm³/mol. The van der Waals surface area contributed by atoms with Gasteiger partial charge in [0.05, 0.1) is 24.4 Å². The van der Waals surface area contributed by atoms with Crippen LogP contribution in [0.2, 0.25) is 0 Å². The molecule has 0 bridgehead atoms. The third kappa shape index (κ3) is 2.91. The van der Waals surface area contributed by atoms with Crippen LogP contribution in [0.3, 0.4) is 0 Å². The Hall–Kier alpha value is -3.33. The molecule has 0 saturated heterocycles. The monoisotopic (exact) mass is 428 g/mol. The molecule has 4 rings (SSSR count). The van der Waals surface area contributed by atoms with Crippen molar-refractivity contribution in [3.63, 3.8) is 0 Å². The van der Waals surface area contributed by atoms with Crippen molar-refractivity contribution in [2.45, 2.75) is 0 Å². The number of phenolic OH excluding ortho intramolecular Hbond substituents is 1. The number of nitrogens with zero attached hydrogens (tertiary/aromatic N) is 2. The van der Waals surface area contributed by atoms with Gasteiger partial charge in [0.15, 0.2) is 0 Å². The lowest BCUT2D eigenvalue weighted by Gasteiger charge is -2.00. The van der Waals surface area contributed by atoms with Gasteiger partial charge in [-0.05, 0) is 30.3 Å². The molecule has 2 aromatic carbocycles. The summed E-state index contributed by atoms with van der Waals surface area (Å²) in [5.74, 6) is 0.602. The van der Waals surface area contributed by atoms with E-state index in [1.54, 1.807) is 37.4 Å². The van der Waals surface area contributed by atoms with Crippen LogP contribution in [0.4, 0.5) is 0 Å². The fraction of sp³-hybridized carbons (Fsp3) is 0.0556. The highest BCUT2D eigenvalue weighted by Gasteiger charge is 2.13. The zero-order chi connectivity index (χ0) is 19.1. The van der Waals surface area contributed by atoms with E-state index < -0.39 is 11.2 Å². The minimum Gasteiger partial charge on any atom is -0.507 e. The predicted octanol–water partition coefficient (Wildman–Crippen LogP) is 2.53. The van der Waals surface area contributed by atoms with Crippen molar-refractivity contribution < 1.29 is 9.84 Å². The number of rotatable bonds is 3. The molecule has 3 N–H and O–H groups in total. The fourth-order valence-electron chi connectivity index (χ4n) is 2.81. The molecule has 0 aliphatic heterocycles. The zero-order valence-electron chi connectivity index (χ0n) is 14.0. The average Bonchev–Trinajstić information content (AvgIpc) is 3.02. The second kappa shape index (κ2) is 6.44. The molecule has 0 saturated carbocycles. The second-order valence-corrected chi connectivity index (χ2v) is 6.70. The summed E-state index contributed by atoms with van der Waals surface area (Å²) in [6.45, 7) is 0. The molecule has 0 aliphatic rings. The third-order valence-corrected chi connectivity index (χ3v) is 4.63. The van der Waals surface area contributed by atoms with Crippen LogP contribution in [0.15, 0.2) is 55.6 Å². The molecule has 136 valence electrons. The van der Waals surface area contributed by atoms with Crippen LogP contribution in [0.1, 0.15) is 5.56 Å². The molecule has 0 radical (unpaired) electrons. The van der Waals surface area contributed by atoms with E-state index in [1.165, 1.54) is 12.3 Å². The first-order chi connectivity index (χ1) is 13.0. The van der Waals surface area contributed by atoms with E-state index >= 15 is 0 Å². The highest BCUT2D eigenvalue weighted by Crippen LogP contribution is 2.25. The number of aromatic nitrogens is 3. The van der Waals surface area contributed by atoms with E-state index in [9.17, 15) is 14.7 Å². The molecule has 0 aliphatic carbocycles. The summed E-state index contributed by atoms with van der Waals surface area (Å²) in [6, 6.07) is 10.00. The van der Waals surface area contributed by atoms with Gasteiger partial charge >= 0.3 is 11.2 Å². The smallest absolute Gasteiger partial charge is 0.350 e. The van der Waals surface area contributed by atoms with Crippen LogP contribution in [0.5, 0.6) is 11.5 Å². The Morgan fingerprint density at radius 3 is 2.74 bits per heavy atom. The molecule has 2 aromatic heterocycles. The minimum atomic E-state index is -0.685. The average molecular weight is 429 g/mol. The van der Waals surface area contributed by atoms with Crippen molar-refractivity contribution in [3.05, 3.63) is 67.3 Å². The standard InChI is InChI=1S/C18H13BrN4O4/c1-27-11-3-4-12-13(7-11)21-16-15(12)22-18(26)23(17(16)25)20-8-9-6-10(19)2-5-14(9)24/h2-8,21,24H,1H3,(H,22,26)/b20-8+. The van der Waals surface area contributed by atoms with Crippen molar-refractivity contribution in [2.75, 3.05) is 7.11 Å². The van der Waals surface area contributed by atoms with E-state index in [4.69, 9.17) is 4.74 Å². The number of hydrogen-bond donors (Lipinski definition) is 3. The van der Waals surface area contributed by atoms with Crippen molar-refractivity contribution in [3.8, 4) is 11.5 Å². The summed E-state index contributed by atoms with van der Waals surface area (Å²) in [4.78, 5) is 30.8. The summed E-state index contributed by atoms with van der Waals surface area (Å²) >= 11 is 3.29. The van der Waals surface area contributed by atoms with Gasteiger partial charge in [0.1, 0.15) is 17.0 Å². The third-order valence-electron chi connectivity index (χ3n) is 4.14. The first-order valence-electron chi connectivity index (χ1n) is 7.85. The van der Waals surface area contributed by atoms with E-state index in [-0.39, 0.29) is 11.3 Å². The van der Waals surface area contributed by atoms with Crippen LogP contribution < -0.4 is 16.0 Å². The van der Waals surface area contributed by atoms with Gasteiger partial charge in [-0.3, -0.25) is 4.79 Å². The fourth-order valence-corrected chi connectivity index (χ4v) is 3.18. The summed E-state index contributed by atoms with van der Waals surface area (Å²) in [6.07, 6.45) is 1.24. The zero-order valence-corrected chi connectivity index (χ0v) is 15.6. The normalized spacial score (nSPS) is 11.6. The van der Waals surface area contributed by atoms with Crippen molar-refractivity contribution >= 4 is 44.1 Å². The largest absolute Gasteiger partial charge is 0.507 e. The Kier molecular flexibility index (Phi) is 4.08. The number of H-pyrrole nitrogens is 2. The maximum atomic E-state index is 12.7. The lowest BCUT2D eigenvalue weighted by atomic mass is 10.2. The molecule has 9 heteroatoms. The number of aromatic amines is 2. The van der Waals surface area contributed by atoms with Crippen LogP contribution in [0.25, 0.3) is 21.9 Å². The molecule has 27 heavy (non-hydrogen) atoms. The molecule has 0 fully saturated rings. The van der Waals surface area contributed by atoms with Crippen molar-refractivity contribution in [1.29, 1.82) is 0 Å². The van der Waals surface area contributed by atoms with Gasteiger partial charge in [0.25, 0.3) is 0 Å². The number of aromatic hydroxyl groups is 1. The lowest BCUT2D eigenvalue weighted by molar-refractivity contribution is 0.415. The van der Waals surface area contributed by atoms with E-state index in [0.29, 0.717) is 32.4 Å². The van der Waals surface area contributed by atoms with E-state index in [2.05, 4.69) is 31.0 Å². The van der Waals surface area contributed by atoms with Gasteiger partial charge in [0, 0.05) is 21.5 Å². The van der Waals surface area contributed by atoms with Gasteiger partial charge < -0.3 is 19.8 Å². The Morgan fingerprint density at radius 2 is 1.96 bits per heavy atom. The SMILES string of the molecule is COc1ccc2c(c1)[nH]c1c(=O)n(/N=C/c3cc(Br)ccc3O)c(=O)[nH]c12. The Bertz CT molecular complexity index is 1330. The number of hydrogen-bond acceptors (Lipinski definition) is 5. The lowest BCUT2D eigenvalue weighted by Crippen LogP contribution is -2.32. The molecule has 0 amide bonds. The molecule has 8 nitrogen and oxygen atoms in total. The molecule has 4 aromatic rings. The van der Waals surface area contributed by atoms with E-state index in [1.807, 2.05) is 0 Å². The number of ether oxygens (including phenoxy) is 1. The Morgan fingerprint density at radius 1 is 1.15 bits per heavy atom. The molecule has 0 atom stereocenters. The van der Waals surface area contributed by atoms with Gasteiger partial charge in [-0.25, -0.2) is 4.79 Å². The van der Waals surface area contributed by atoms with Gasteiger partial charge in [-0.2, -0.15) is 5.10 Å². The number of fused-ring (bicyclic) bond motifs is 3. The number of halogens is 1. The van der Waals surface area contributed by atoms with E-state index in [0.717, 1.165) is 4.47 Å². The molecule has 2 heterocycles. The number of methoxy groups -OCH3 is 1. The van der Waals surface area contributed by atoms with Gasteiger partial charge in [-0.1, -0.05) is 15.9 Å². The highest BCUT2D eigenvalue weighted by atomic mass is 79.9. The van der Waals surface area contributed by atoms with Crippen LogP contribution in [-0.4, -0.2) is 33.1 Å². The summed E-state index contributed by atoms with van der Waals surface area (Å²) in [5, 5.41) is 14.5. The van der Waals surface area contributed by atoms with Gasteiger partial charge in [0.2, 0.25) is 0 Å². The van der Waals surface area contributed by atoms with Crippen LogP contribution in [0, 0.1) is 0 Å². The minimum absolute atomic E-state index is 0.0230. The Labute approximate surface area is 159 Å². The molecular formula is C18H13BrN4O4. The Balaban J connectivity index is 1.90. The first kappa shape index (κ1) is 17.1. The van der Waals surface area contributed by atoms with Crippen molar-refractivity contribution in [1.82, 2.24) is 14.6 Å². The first-order valence-corrected chi connectivity index (χ1v) is 8.65. The molecule has 0 unspecified atom stereocenters. The molecular weight excluding hydrogens is 416 g/mol. The summed E-state index contributed by atoms with van der Waals surface area (Å²) in [5.41, 5.74) is 0.345. The quantitative estimate of drug-likeness (QED) is 0.435. The number of benzene rings is 2. The number of nitrogens with one attached hydrogen (secondary N) is 2. The van der Waals surface area contributed by atoms with Crippen LogP contribution in [-0.2, 0) is 0 Å². The molecule has 0 spiro atoms. The van der Waals surface area contributed by atoms with Crippen molar-refractivity contribution in [2.24, 2.45) is 5.10 Å². The maximum Gasteiger partial charge on any atom is 0.350 e. The van der Waals surface area contributed by atoms with Gasteiger partial charge in [-0.15, -0.1) is 4.68 Å². The summed E-state index contributed by atoms with van der Waals surface area (Å²) < 4.78 is 6.61. The second-order valence-electron chi connectivity index (χ2n) is 5.78. The van der Waals surface area contributed by atoms with Crippen LogP contribution >= 0.6 is 15.9 Å². The maximum absolute atomic E-state index is 12.7. The number of phenols is 1. The topological polar surface area (TPSA) is 112 Å². The highest BCUT2D eigenvalue weighted by molar-refractivity contribution is 9.10.